The first-order valence-electron chi connectivity index (χ1n) is 5.88. The van der Waals surface area contributed by atoms with Gasteiger partial charge in [0.05, 0.1) is 13.2 Å². The molecule has 4 heteroatoms. The summed E-state index contributed by atoms with van der Waals surface area (Å²) in [4.78, 5) is 0. The van der Waals surface area contributed by atoms with Gasteiger partial charge in [-0.2, -0.15) is 0 Å². The third kappa shape index (κ3) is 4.71. The summed E-state index contributed by atoms with van der Waals surface area (Å²) in [6.07, 6.45) is 1.23. The first-order valence-corrected chi connectivity index (χ1v) is 5.88. The Labute approximate surface area is 102 Å². The average Bonchev–Trinajstić information content (AvgIpc) is 2.34. The lowest BCUT2D eigenvalue weighted by Crippen LogP contribution is -2.19. The van der Waals surface area contributed by atoms with Crippen LogP contribution in [0.3, 0.4) is 0 Å². The minimum absolute atomic E-state index is 0.255. The van der Waals surface area contributed by atoms with E-state index in [1.807, 2.05) is 13.0 Å². The van der Waals surface area contributed by atoms with E-state index < -0.39 is 0 Å². The molecule has 2 N–H and O–H groups in total. The summed E-state index contributed by atoms with van der Waals surface area (Å²) in [6.45, 7) is 3.27. The number of hydrogen-bond donors (Lipinski definition) is 2. The van der Waals surface area contributed by atoms with Gasteiger partial charge in [-0.05, 0) is 37.1 Å². The van der Waals surface area contributed by atoms with Crippen LogP contribution in [-0.4, -0.2) is 24.9 Å². The molecule has 0 saturated heterocycles. The molecule has 0 bridgehead atoms. The average molecular weight is 241 g/mol. The first kappa shape index (κ1) is 13.9. The lowest BCUT2D eigenvalue weighted by atomic mass is 10.2. The Bertz CT molecular complexity index is 344. The van der Waals surface area contributed by atoms with E-state index in [1.165, 1.54) is 13.2 Å². The van der Waals surface area contributed by atoms with E-state index >= 15 is 0 Å². The molecular formula is C13H20FNO2. The number of nitrogens with one attached hydrogen (secondary N) is 1. The van der Waals surface area contributed by atoms with E-state index in [4.69, 9.17) is 4.74 Å². The smallest absolute Gasteiger partial charge is 0.165 e. The number of halogens is 1. The van der Waals surface area contributed by atoms with Crippen LogP contribution in [0, 0.1) is 5.82 Å². The van der Waals surface area contributed by atoms with Gasteiger partial charge in [0.15, 0.2) is 11.6 Å². The molecule has 0 aliphatic heterocycles. The minimum Gasteiger partial charge on any atom is -0.494 e. The Morgan fingerprint density at radius 3 is 2.82 bits per heavy atom. The normalized spacial score (nSPS) is 12.5. The van der Waals surface area contributed by atoms with Crippen LogP contribution in [0.4, 0.5) is 4.39 Å². The molecule has 96 valence electrons. The summed E-state index contributed by atoms with van der Waals surface area (Å²) < 4.78 is 18.2. The van der Waals surface area contributed by atoms with Gasteiger partial charge < -0.3 is 15.2 Å². The number of aliphatic hydroxyl groups is 1. The summed E-state index contributed by atoms with van der Waals surface area (Å²) in [7, 11) is 1.45. The fraction of sp³-hybridized carbons (Fsp3) is 0.538. The van der Waals surface area contributed by atoms with Gasteiger partial charge in [0, 0.05) is 6.54 Å². The predicted molar refractivity (Wildman–Crippen MR) is 65.6 cm³/mol. The molecule has 1 rings (SSSR count). The monoisotopic (exact) mass is 241 g/mol. The fourth-order valence-electron chi connectivity index (χ4n) is 1.53. The molecule has 17 heavy (non-hydrogen) atoms. The van der Waals surface area contributed by atoms with Gasteiger partial charge in [0.1, 0.15) is 0 Å². The number of hydrogen-bond acceptors (Lipinski definition) is 3. The summed E-state index contributed by atoms with van der Waals surface area (Å²) in [5.41, 5.74) is 0.870. The van der Waals surface area contributed by atoms with Crippen molar-refractivity contribution in [2.45, 2.75) is 32.4 Å². The van der Waals surface area contributed by atoms with Crippen LogP contribution < -0.4 is 10.1 Å². The standard InChI is InChI=1S/C13H20FNO2/c1-3-11(16)6-7-15-9-10-4-5-13(17-2)12(14)8-10/h4-5,8,11,15-16H,3,6-7,9H2,1-2H3. The van der Waals surface area contributed by atoms with Crippen molar-refractivity contribution in [1.29, 1.82) is 0 Å². The summed E-state index contributed by atoms with van der Waals surface area (Å²) >= 11 is 0. The van der Waals surface area contributed by atoms with E-state index in [1.54, 1.807) is 6.07 Å². The third-order valence-electron chi connectivity index (χ3n) is 2.67. The van der Waals surface area contributed by atoms with Gasteiger partial charge >= 0.3 is 0 Å². The van der Waals surface area contributed by atoms with Crippen LogP contribution in [0.15, 0.2) is 18.2 Å². The Morgan fingerprint density at radius 1 is 1.47 bits per heavy atom. The summed E-state index contributed by atoms with van der Waals surface area (Å²) in [5.74, 6) is -0.0875. The fourth-order valence-corrected chi connectivity index (χ4v) is 1.53. The molecule has 1 aromatic carbocycles. The van der Waals surface area contributed by atoms with Crippen LogP contribution in [0.1, 0.15) is 25.3 Å². The Balaban J connectivity index is 2.34. The summed E-state index contributed by atoms with van der Waals surface area (Å²) in [6, 6.07) is 4.90. The van der Waals surface area contributed by atoms with Gasteiger partial charge in [-0.3, -0.25) is 0 Å². The second-order valence-electron chi connectivity index (χ2n) is 4.00. The molecule has 1 atom stereocenters. The molecule has 0 amide bonds. The molecule has 0 heterocycles. The Kier molecular flexibility index (Phi) is 5.94. The second-order valence-corrected chi connectivity index (χ2v) is 4.00. The van der Waals surface area contributed by atoms with Crippen LogP contribution in [0.2, 0.25) is 0 Å². The van der Waals surface area contributed by atoms with Crippen molar-refractivity contribution < 1.29 is 14.2 Å². The topological polar surface area (TPSA) is 41.5 Å². The number of rotatable bonds is 7. The molecule has 1 unspecified atom stereocenters. The Hall–Kier alpha value is -1.13. The highest BCUT2D eigenvalue weighted by Gasteiger charge is 2.03. The zero-order valence-corrected chi connectivity index (χ0v) is 10.4. The maximum absolute atomic E-state index is 13.3. The van der Waals surface area contributed by atoms with E-state index in [2.05, 4.69) is 5.32 Å². The number of ether oxygens (including phenoxy) is 1. The lowest BCUT2D eigenvalue weighted by molar-refractivity contribution is 0.159. The van der Waals surface area contributed by atoms with E-state index in [-0.39, 0.29) is 17.7 Å². The second kappa shape index (κ2) is 7.25. The van der Waals surface area contributed by atoms with E-state index in [9.17, 15) is 9.50 Å². The molecule has 0 radical (unpaired) electrons. The molecule has 0 aromatic heterocycles. The highest BCUT2D eigenvalue weighted by molar-refractivity contribution is 5.29. The van der Waals surface area contributed by atoms with Crippen molar-refractivity contribution in [3.8, 4) is 5.75 Å². The quantitative estimate of drug-likeness (QED) is 0.718. The van der Waals surface area contributed by atoms with Gasteiger partial charge in [-0.1, -0.05) is 13.0 Å². The van der Waals surface area contributed by atoms with Gasteiger partial charge in [0.25, 0.3) is 0 Å². The zero-order chi connectivity index (χ0) is 12.7. The minimum atomic E-state index is -0.347. The van der Waals surface area contributed by atoms with Gasteiger partial charge in [-0.15, -0.1) is 0 Å². The SMILES string of the molecule is CCC(O)CCNCc1ccc(OC)c(F)c1. The van der Waals surface area contributed by atoms with Crippen LogP contribution in [0.25, 0.3) is 0 Å². The highest BCUT2D eigenvalue weighted by Crippen LogP contribution is 2.17. The Morgan fingerprint density at radius 2 is 2.24 bits per heavy atom. The van der Waals surface area contributed by atoms with Crippen LogP contribution >= 0.6 is 0 Å². The number of aliphatic hydroxyl groups excluding tert-OH is 1. The number of methoxy groups -OCH3 is 1. The molecule has 3 nitrogen and oxygen atoms in total. The summed E-state index contributed by atoms with van der Waals surface area (Å²) in [5, 5.41) is 12.5. The maximum Gasteiger partial charge on any atom is 0.165 e. The largest absolute Gasteiger partial charge is 0.494 e. The van der Waals surface area contributed by atoms with Gasteiger partial charge in [0.2, 0.25) is 0 Å². The molecule has 1 aromatic rings. The van der Waals surface area contributed by atoms with E-state index in [0.29, 0.717) is 6.54 Å². The molecule has 0 aliphatic carbocycles. The van der Waals surface area contributed by atoms with Crippen molar-refractivity contribution in [1.82, 2.24) is 5.32 Å². The van der Waals surface area contributed by atoms with Crippen molar-refractivity contribution in [3.63, 3.8) is 0 Å². The van der Waals surface area contributed by atoms with Crippen molar-refractivity contribution >= 4 is 0 Å². The predicted octanol–water partition coefficient (Wildman–Crippen LogP) is 2.08. The van der Waals surface area contributed by atoms with Crippen LogP contribution in [0.5, 0.6) is 5.75 Å². The van der Waals surface area contributed by atoms with Crippen molar-refractivity contribution in [2.24, 2.45) is 0 Å². The lowest BCUT2D eigenvalue weighted by Gasteiger charge is -2.09. The van der Waals surface area contributed by atoms with Gasteiger partial charge in [-0.25, -0.2) is 4.39 Å². The zero-order valence-electron chi connectivity index (χ0n) is 10.4. The first-order chi connectivity index (χ1) is 8.17. The molecule has 0 fully saturated rings. The van der Waals surface area contributed by atoms with Crippen LogP contribution in [-0.2, 0) is 6.54 Å². The van der Waals surface area contributed by atoms with Crippen molar-refractivity contribution in [3.05, 3.63) is 29.6 Å². The maximum atomic E-state index is 13.3. The molecule has 0 spiro atoms. The molecule has 0 aliphatic rings. The third-order valence-corrected chi connectivity index (χ3v) is 2.67. The molecule has 0 saturated carbocycles. The van der Waals surface area contributed by atoms with E-state index in [0.717, 1.165) is 24.9 Å². The number of benzene rings is 1. The van der Waals surface area contributed by atoms with Crippen molar-refractivity contribution in [2.75, 3.05) is 13.7 Å². The highest BCUT2D eigenvalue weighted by atomic mass is 19.1. The molecular weight excluding hydrogens is 221 g/mol.